The lowest BCUT2D eigenvalue weighted by atomic mass is 10.2. The minimum Gasteiger partial charge on any atom is -0.495 e. The molecular weight excluding hydrogens is 426 g/mol. The van der Waals surface area contributed by atoms with Crippen molar-refractivity contribution in [3.05, 3.63) is 48.2 Å². The van der Waals surface area contributed by atoms with E-state index in [0.29, 0.717) is 24.5 Å². The number of para-hydroxylation sites is 2. The Morgan fingerprint density at radius 1 is 1.09 bits per heavy atom. The smallest absolute Gasteiger partial charge is 0.257 e. The van der Waals surface area contributed by atoms with E-state index in [9.17, 15) is 4.79 Å². The minimum atomic E-state index is 0. The normalized spacial score (nSPS) is 13.9. The van der Waals surface area contributed by atoms with Crippen LogP contribution in [0.2, 0.25) is 0 Å². The fourth-order valence-electron chi connectivity index (χ4n) is 4.01. The van der Waals surface area contributed by atoms with Crippen LogP contribution < -0.4 is 15.0 Å². The number of aromatic nitrogens is 1. The second kappa shape index (κ2) is 13.1. The summed E-state index contributed by atoms with van der Waals surface area (Å²) in [5, 5.41) is 3.37. The topological polar surface area (TPSA) is 60.9 Å². The standard InChI is InChI=1S/C24H35N5O2.ClH/c1-4-28(5-2)24(30)20-10-8-13-25-23(20)26-14-9-15-27-16-18-29(19-17-27)21-11-6-7-12-22(21)31-3;/h6-8,10-13H,4-5,9,14-19H2,1-3H3,(H,25,26);1H. The zero-order valence-electron chi connectivity index (χ0n) is 19.4. The first-order valence-electron chi connectivity index (χ1n) is 11.3. The number of nitrogens with zero attached hydrogens (tertiary/aromatic N) is 4. The summed E-state index contributed by atoms with van der Waals surface area (Å²) in [5.41, 5.74) is 1.82. The number of anilines is 2. The first kappa shape index (κ1) is 25.7. The third kappa shape index (κ3) is 6.50. The Morgan fingerprint density at radius 2 is 1.81 bits per heavy atom. The van der Waals surface area contributed by atoms with Crippen LogP contribution in [-0.4, -0.2) is 80.2 Å². The van der Waals surface area contributed by atoms with E-state index in [2.05, 4.69) is 32.2 Å². The fraction of sp³-hybridized carbons (Fsp3) is 0.500. The summed E-state index contributed by atoms with van der Waals surface area (Å²) >= 11 is 0. The molecule has 0 aliphatic carbocycles. The van der Waals surface area contributed by atoms with Gasteiger partial charge in [0, 0.05) is 52.0 Å². The number of benzene rings is 1. The molecule has 1 aliphatic heterocycles. The van der Waals surface area contributed by atoms with E-state index in [1.807, 2.05) is 43.0 Å². The van der Waals surface area contributed by atoms with Gasteiger partial charge < -0.3 is 19.9 Å². The van der Waals surface area contributed by atoms with Crippen molar-refractivity contribution in [2.75, 3.05) is 69.7 Å². The van der Waals surface area contributed by atoms with Crippen LogP contribution >= 0.6 is 12.4 Å². The van der Waals surface area contributed by atoms with E-state index in [-0.39, 0.29) is 18.3 Å². The number of halogens is 1. The van der Waals surface area contributed by atoms with Gasteiger partial charge in [0.05, 0.1) is 18.4 Å². The van der Waals surface area contributed by atoms with E-state index in [0.717, 1.165) is 51.4 Å². The molecule has 1 aliphatic rings. The van der Waals surface area contributed by atoms with Crippen molar-refractivity contribution in [3.8, 4) is 5.75 Å². The molecule has 0 unspecified atom stereocenters. The van der Waals surface area contributed by atoms with E-state index < -0.39 is 0 Å². The lowest BCUT2D eigenvalue weighted by Gasteiger charge is -2.36. The number of methoxy groups -OCH3 is 1. The maximum atomic E-state index is 12.7. The molecule has 32 heavy (non-hydrogen) atoms. The number of piperazine rings is 1. The summed E-state index contributed by atoms with van der Waals surface area (Å²) in [6, 6.07) is 11.9. The quantitative estimate of drug-likeness (QED) is 0.545. The number of nitrogens with one attached hydrogen (secondary N) is 1. The van der Waals surface area contributed by atoms with Gasteiger partial charge in [-0.3, -0.25) is 9.69 Å². The van der Waals surface area contributed by atoms with E-state index in [4.69, 9.17) is 4.74 Å². The summed E-state index contributed by atoms with van der Waals surface area (Å²) in [6.45, 7) is 11.3. The summed E-state index contributed by atoms with van der Waals surface area (Å²) in [5.74, 6) is 1.65. The molecular formula is C24H36ClN5O2. The van der Waals surface area contributed by atoms with Crippen LogP contribution in [0.4, 0.5) is 11.5 Å². The third-order valence-corrected chi connectivity index (χ3v) is 5.83. The van der Waals surface area contributed by atoms with Gasteiger partial charge >= 0.3 is 0 Å². The van der Waals surface area contributed by atoms with Crippen LogP contribution in [0.25, 0.3) is 0 Å². The molecule has 1 saturated heterocycles. The van der Waals surface area contributed by atoms with Crippen molar-refractivity contribution in [2.45, 2.75) is 20.3 Å². The molecule has 0 saturated carbocycles. The van der Waals surface area contributed by atoms with Crippen LogP contribution in [0.3, 0.4) is 0 Å². The summed E-state index contributed by atoms with van der Waals surface area (Å²) in [4.78, 5) is 23.8. The largest absolute Gasteiger partial charge is 0.495 e. The van der Waals surface area contributed by atoms with Crippen LogP contribution in [0, 0.1) is 0 Å². The second-order valence-electron chi connectivity index (χ2n) is 7.66. The van der Waals surface area contributed by atoms with Crippen molar-refractivity contribution in [1.82, 2.24) is 14.8 Å². The molecule has 3 rings (SSSR count). The molecule has 2 heterocycles. The highest BCUT2D eigenvalue weighted by atomic mass is 35.5. The van der Waals surface area contributed by atoms with Gasteiger partial charge in [0.2, 0.25) is 0 Å². The average Bonchev–Trinajstić information content (AvgIpc) is 2.83. The summed E-state index contributed by atoms with van der Waals surface area (Å²) in [6.07, 6.45) is 2.74. The molecule has 1 aromatic heterocycles. The Hall–Kier alpha value is -2.51. The summed E-state index contributed by atoms with van der Waals surface area (Å²) in [7, 11) is 1.73. The van der Waals surface area contributed by atoms with Gasteiger partial charge in [-0.15, -0.1) is 12.4 Å². The maximum Gasteiger partial charge on any atom is 0.257 e. The van der Waals surface area contributed by atoms with Gasteiger partial charge in [-0.05, 0) is 51.1 Å². The minimum absolute atomic E-state index is 0. The number of rotatable bonds is 10. The number of hydrogen-bond acceptors (Lipinski definition) is 6. The number of carbonyl (C=O) groups excluding carboxylic acids is 1. The highest BCUT2D eigenvalue weighted by molar-refractivity contribution is 5.98. The van der Waals surface area contributed by atoms with Crippen LogP contribution in [0.5, 0.6) is 5.75 Å². The van der Waals surface area contributed by atoms with Crippen LogP contribution in [0.1, 0.15) is 30.6 Å². The number of ether oxygens (including phenoxy) is 1. The highest BCUT2D eigenvalue weighted by Crippen LogP contribution is 2.28. The molecule has 0 atom stereocenters. The van der Waals surface area contributed by atoms with E-state index in [1.54, 1.807) is 13.3 Å². The SMILES string of the molecule is CCN(CC)C(=O)c1cccnc1NCCCN1CCN(c2ccccc2OC)CC1.Cl. The molecule has 1 aromatic carbocycles. The highest BCUT2D eigenvalue weighted by Gasteiger charge is 2.20. The fourth-order valence-corrected chi connectivity index (χ4v) is 4.01. The Kier molecular flexibility index (Phi) is 10.6. The first-order valence-corrected chi connectivity index (χ1v) is 11.3. The predicted molar refractivity (Wildman–Crippen MR) is 133 cm³/mol. The lowest BCUT2D eigenvalue weighted by Crippen LogP contribution is -2.47. The molecule has 0 spiro atoms. The van der Waals surface area contributed by atoms with Crippen molar-refractivity contribution in [1.29, 1.82) is 0 Å². The molecule has 1 fully saturated rings. The molecule has 176 valence electrons. The predicted octanol–water partition coefficient (Wildman–Crippen LogP) is 3.62. The van der Waals surface area contributed by atoms with E-state index >= 15 is 0 Å². The summed E-state index contributed by atoms with van der Waals surface area (Å²) < 4.78 is 5.51. The lowest BCUT2D eigenvalue weighted by molar-refractivity contribution is 0.0773. The van der Waals surface area contributed by atoms with Gasteiger partial charge in [-0.1, -0.05) is 12.1 Å². The van der Waals surface area contributed by atoms with Gasteiger partial charge in [0.15, 0.2) is 0 Å². The Morgan fingerprint density at radius 3 is 2.50 bits per heavy atom. The first-order chi connectivity index (χ1) is 15.2. The molecule has 1 N–H and O–H groups in total. The Bertz CT molecular complexity index is 839. The van der Waals surface area contributed by atoms with Gasteiger partial charge in [0.25, 0.3) is 5.91 Å². The van der Waals surface area contributed by atoms with Crippen molar-refractivity contribution < 1.29 is 9.53 Å². The number of hydrogen-bond donors (Lipinski definition) is 1. The van der Waals surface area contributed by atoms with E-state index in [1.165, 1.54) is 5.69 Å². The van der Waals surface area contributed by atoms with Gasteiger partial charge in [-0.25, -0.2) is 4.98 Å². The zero-order chi connectivity index (χ0) is 22.1. The Balaban J connectivity index is 0.00000363. The molecule has 8 heteroatoms. The maximum absolute atomic E-state index is 12.7. The monoisotopic (exact) mass is 461 g/mol. The van der Waals surface area contributed by atoms with Crippen molar-refractivity contribution in [2.24, 2.45) is 0 Å². The average molecular weight is 462 g/mol. The molecule has 7 nitrogen and oxygen atoms in total. The van der Waals surface area contributed by atoms with Crippen LogP contribution in [0.15, 0.2) is 42.6 Å². The molecule has 1 amide bonds. The zero-order valence-corrected chi connectivity index (χ0v) is 20.2. The Labute approximate surface area is 198 Å². The second-order valence-corrected chi connectivity index (χ2v) is 7.66. The van der Waals surface area contributed by atoms with Gasteiger partial charge in [-0.2, -0.15) is 0 Å². The molecule has 0 radical (unpaired) electrons. The molecule has 0 bridgehead atoms. The number of carbonyl (C=O) groups is 1. The number of pyridine rings is 1. The number of amides is 1. The van der Waals surface area contributed by atoms with Crippen molar-refractivity contribution in [3.63, 3.8) is 0 Å². The van der Waals surface area contributed by atoms with Gasteiger partial charge in [0.1, 0.15) is 11.6 Å². The third-order valence-electron chi connectivity index (χ3n) is 5.83. The van der Waals surface area contributed by atoms with Crippen LogP contribution in [-0.2, 0) is 0 Å². The molecule has 2 aromatic rings. The van der Waals surface area contributed by atoms with Crippen molar-refractivity contribution >= 4 is 29.8 Å².